The molecule has 0 amide bonds. The molecule has 0 saturated heterocycles. The Labute approximate surface area is 120 Å². The van der Waals surface area contributed by atoms with E-state index in [2.05, 4.69) is 16.9 Å². The summed E-state index contributed by atoms with van der Waals surface area (Å²) in [4.78, 5) is 6.06. The minimum Gasteiger partial charge on any atom is -0.421 e. The van der Waals surface area contributed by atoms with Gasteiger partial charge in [-0.2, -0.15) is 26.3 Å². The van der Waals surface area contributed by atoms with Crippen LogP contribution in [0.4, 0.5) is 26.3 Å². The van der Waals surface area contributed by atoms with Gasteiger partial charge >= 0.3 is 11.0 Å². The molecule has 0 radical (unpaired) electrons. The SMILES string of the molecule is CCc1[nH]cc[nH+]1.O=S(=O)([N-]S(=O)(=O)C(F)(F)F)C(F)(F)F. The summed E-state index contributed by atoms with van der Waals surface area (Å²) in [5, 5.41) is 0. The van der Waals surface area contributed by atoms with Gasteiger partial charge in [0, 0.05) is 6.42 Å². The van der Waals surface area contributed by atoms with E-state index in [4.69, 9.17) is 0 Å². The Morgan fingerprint density at radius 2 is 1.45 bits per heavy atom. The molecule has 0 aromatic carbocycles. The number of nitrogens with one attached hydrogen (secondary N) is 2. The van der Waals surface area contributed by atoms with Gasteiger partial charge in [0.15, 0.2) is 20.0 Å². The molecule has 1 aromatic heterocycles. The van der Waals surface area contributed by atoms with Crippen molar-refractivity contribution in [3.05, 3.63) is 22.3 Å². The number of alkyl halides is 6. The summed E-state index contributed by atoms with van der Waals surface area (Å²) in [6, 6.07) is 0. The van der Waals surface area contributed by atoms with Crippen LogP contribution in [0.2, 0.25) is 0 Å². The molecule has 1 rings (SSSR count). The lowest BCUT2D eigenvalue weighted by molar-refractivity contribution is -0.387. The third kappa shape index (κ3) is 5.80. The van der Waals surface area contributed by atoms with Crippen LogP contribution in [0.3, 0.4) is 0 Å². The molecule has 0 aliphatic heterocycles. The van der Waals surface area contributed by atoms with Crippen LogP contribution in [-0.4, -0.2) is 32.8 Å². The van der Waals surface area contributed by atoms with Crippen molar-refractivity contribution in [2.75, 3.05) is 0 Å². The van der Waals surface area contributed by atoms with E-state index in [9.17, 15) is 43.2 Å². The van der Waals surface area contributed by atoms with Crippen molar-refractivity contribution >= 4 is 20.0 Å². The van der Waals surface area contributed by atoms with Gasteiger partial charge in [0.25, 0.3) is 5.82 Å². The largest absolute Gasteiger partial charge is 0.480 e. The van der Waals surface area contributed by atoms with E-state index in [0.717, 1.165) is 10.5 Å². The molecule has 0 bridgehead atoms. The third-order valence-electron chi connectivity index (χ3n) is 1.73. The zero-order valence-electron chi connectivity index (χ0n) is 10.5. The number of rotatable bonds is 3. The molecule has 130 valence electrons. The highest BCUT2D eigenvalue weighted by molar-refractivity contribution is 8.13. The van der Waals surface area contributed by atoms with Gasteiger partial charge in [-0.05, 0) is 0 Å². The Bertz CT molecular complexity index is 620. The normalized spacial score (nSPS) is 13.4. The number of sulfonamides is 2. The van der Waals surface area contributed by atoms with E-state index in [-0.39, 0.29) is 0 Å². The summed E-state index contributed by atoms with van der Waals surface area (Å²) in [5.41, 5.74) is -12.4. The van der Waals surface area contributed by atoms with Crippen LogP contribution >= 0.6 is 0 Å². The average molecular weight is 377 g/mol. The summed E-state index contributed by atoms with van der Waals surface area (Å²) in [7, 11) is -13.4. The number of aryl methyl sites for hydroxylation is 1. The van der Waals surface area contributed by atoms with Crippen molar-refractivity contribution in [3.8, 4) is 0 Å². The third-order valence-corrected chi connectivity index (χ3v) is 4.47. The molecular formula is C7H9F6N3O4S2. The van der Waals surface area contributed by atoms with E-state index in [1.54, 1.807) is 0 Å². The highest BCUT2D eigenvalue weighted by Crippen LogP contribution is 2.36. The molecule has 1 aromatic rings. The fourth-order valence-corrected chi connectivity index (χ4v) is 2.45. The fraction of sp³-hybridized carbons (Fsp3) is 0.571. The molecule has 0 spiro atoms. The number of imidazole rings is 1. The molecule has 0 atom stereocenters. The van der Waals surface area contributed by atoms with Gasteiger partial charge in [0.05, 0.1) is 0 Å². The summed E-state index contributed by atoms with van der Waals surface area (Å²) in [6.07, 6.45) is 4.82. The van der Waals surface area contributed by atoms with Crippen LogP contribution in [0.15, 0.2) is 12.4 Å². The lowest BCUT2D eigenvalue weighted by atomic mass is 10.5. The van der Waals surface area contributed by atoms with Crippen LogP contribution in [0.25, 0.3) is 4.13 Å². The molecule has 0 fully saturated rings. The zero-order chi connectivity index (χ0) is 17.8. The second-order valence-electron chi connectivity index (χ2n) is 3.37. The Kier molecular flexibility index (Phi) is 6.40. The van der Waals surface area contributed by atoms with Crippen LogP contribution in [0.1, 0.15) is 12.7 Å². The number of H-pyrrole nitrogens is 2. The molecule has 0 aliphatic rings. The topological polar surface area (TPSA) is 112 Å². The van der Waals surface area contributed by atoms with Crippen molar-refractivity contribution in [2.45, 2.75) is 24.4 Å². The number of nitrogens with zero attached hydrogens (tertiary/aromatic N) is 1. The van der Waals surface area contributed by atoms with Crippen molar-refractivity contribution in [3.63, 3.8) is 0 Å². The quantitative estimate of drug-likeness (QED) is 0.804. The van der Waals surface area contributed by atoms with E-state index >= 15 is 0 Å². The number of aromatic amines is 2. The maximum absolute atomic E-state index is 11.4. The summed E-state index contributed by atoms with van der Waals surface area (Å²) >= 11 is 0. The van der Waals surface area contributed by atoms with Gasteiger partial charge in [-0.1, -0.05) is 6.92 Å². The minimum absolute atomic E-state index is 0.778. The molecule has 0 unspecified atom stereocenters. The number of halogens is 6. The summed E-state index contributed by atoms with van der Waals surface area (Å²) < 4.78 is 109. The molecule has 2 N–H and O–H groups in total. The van der Waals surface area contributed by atoms with Crippen molar-refractivity contribution < 1.29 is 48.2 Å². The second-order valence-corrected chi connectivity index (χ2v) is 6.79. The highest BCUT2D eigenvalue weighted by Gasteiger charge is 2.46. The second kappa shape index (κ2) is 6.82. The average Bonchev–Trinajstić information content (AvgIpc) is 2.77. The van der Waals surface area contributed by atoms with Crippen LogP contribution < -0.4 is 4.98 Å². The van der Waals surface area contributed by atoms with Gasteiger partial charge in [-0.15, -0.1) is 0 Å². The fourth-order valence-electron chi connectivity index (χ4n) is 0.744. The highest BCUT2D eigenvalue weighted by atomic mass is 32.3. The van der Waals surface area contributed by atoms with Gasteiger partial charge in [0.1, 0.15) is 12.4 Å². The minimum atomic E-state index is -6.72. The Balaban J connectivity index is 0.000000518. The molecule has 15 heteroatoms. The molecular weight excluding hydrogens is 368 g/mol. The first-order valence-corrected chi connectivity index (χ1v) is 7.93. The predicted molar refractivity (Wildman–Crippen MR) is 60.0 cm³/mol. The van der Waals surface area contributed by atoms with E-state index in [1.807, 2.05) is 12.4 Å². The first kappa shape index (κ1) is 20.6. The van der Waals surface area contributed by atoms with Crippen molar-refractivity contribution in [1.82, 2.24) is 4.98 Å². The first-order valence-electron chi connectivity index (χ1n) is 5.05. The molecule has 22 heavy (non-hydrogen) atoms. The molecule has 1 heterocycles. The number of aromatic nitrogens is 2. The van der Waals surface area contributed by atoms with Gasteiger partial charge in [0.2, 0.25) is 0 Å². The van der Waals surface area contributed by atoms with Gasteiger partial charge < -0.3 is 4.13 Å². The van der Waals surface area contributed by atoms with Crippen LogP contribution in [0, 0.1) is 0 Å². The van der Waals surface area contributed by atoms with Crippen molar-refractivity contribution in [2.24, 2.45) is 0 Å². The monoisotopic (exact) mass is 377 g/mol. The van der Waals surface area contributed by atoms with E-state index < -0.39 is 31.1 Å². The lowest BCUT2D eigenvalue weighted by Crippen LogP contribution is -2.30. The maximum Gasteiger partial charge on any atom is 0.480 e. The van der Waals surface area contributed by atoms with Crippen molar-refractivity contribution in [1.29, 1.82) is 0 Å². The van der Waals surface area contributed by atoms with Gasteiger partial charge in [-0.3, -0.25) is 0 Å². The smallest absolute Gasteiger partial charge is 0.421 e. The first-order chi connectivity index (χ1) is 9.64. The predicted octanol–water partition coefficient (Wildman–Crippen LogP) is 1.45. The Hall–Kier alpha value is -1.35. The lowest BCUT2D eigenvalue weighted by Gasteiger charge is -2.22. The zero-order valence-corrected chi connectivity index (χ0v) is 12.2. The van der Waals surface area contributed by atoms with E-state index in [0.29, 0.717) is 0 Å². The maximum atomic E-state index is 11.4. The van der Waals surface area contributed by atoms with Gasteiger partial charge in [-0.25, -0.2) is 26.8 Å². The summed E-state index contributed by atoms with van der Waals surface area (Å²) in [6.45, 7) is 2.10. The van der Waals surface area contributed by atoms with Crippen LogP contribution in [0.5, 0.6) is 0 Å². The Morgan fingerprint density at radius 1 is 1.05 bits per heavy atom. The molecule has 7 nitrogen and oxygen atoms in total. The standard InChI is InChI=1S/C5H8N2.C2F6NO4S2/c1-2-5-6-3-4-7-5;3-1(4,5)14(10,11)9-15(12,13)2(6,7)8/h3-4H,2H2,1H3,(H,6,7);/q;-1/p+1. The molecule has 0 aliphatic carbocycles. The van der Waals surface area contributed by atoms with E-state index in [1.165, 1.54) is 5.82 Å². The Morgan fingerprint density at radius 3 is 1.64 bits per heavy atom. The molecule has 0 saturated carbocycles. The number of hydrogen-bond acceptors (Lipinski definition) is 4. The summed E-state index contributed by atoms with van der Waals surface area (Å²) in [5.74, 6) is 1.18. The number of hydrogen-bond donors (Lipinski definition) is 1. The van der Waals surface area contributed by atoms with Crippen LogP contribution in [-0.2, 0) is 26.5 Å².